The molecule has 0 aliphatic heterocycles. The van der Waals surface area contributed by atoms with Crippen LogP contribution in [0.4, 0.5) is 4.39 Å². The largest absolute Gasteiger partial charge is 0.319 e. The van der Waals surface area contributed by atoms with Crippen molar-refractivity contribution in [2.24, 2.45) is 5.73 Å². The molecule has 0 bridgehead atoms. The van der Waals surface area contributed by atoms with Crippen molar-refractivity contribution in [2.45, 2.75) is 6.04 Å². The summed E-state index contributed by atoms with van der Waals surface area (Å²) in [5.41, 5.74) is 6.02. The third-order valence-electron chi connectivity index (χ3n) is 1.33. The fraction of sp³-hybridized carbons (Fsp3) is 0.125. The molecule has 0 aromatic carbocycles. The molecule has 1 heterocycles. The molecule has 0 saturated carbocycles. The molecule has 0 spiro atoms. The Hall–Kier alpha value is -1.22. The van der Waals surface area contributed by atoms with Gasteiger partial charge in [0.1, 0.15) is 0 Å². The lowest BCUT2D eigenvalue weighted by Crippen LogP contribution is -2.08. The molecule has 2 nitrogen and oxygen atoms in total. The van der Waals surface area contributed by atoms with Crippen LogP contribution in [0.5, 0.6) is 0 Å². The maximum atomic E-state index is 12.5. The molecule has 3 heteroatoms. The molecule has 0 saturated heterocycles. The van der Waals surface area contributed by atoms with Gasteiger partial charge in [0.15, 0.2) is 0 Å². The van der Waals surface area contributed by atoms with Crippen LogP contribution in [-0.4, -0.2) is 4.98 Å². The van der Waals surface area contributed by atoms with E-state index in [-0.39, 0.29) is 6.04 Å². The molecule has 0 fully saturated rings. The van der Waals surface area contributed by atoms with Crippen LogP contribution >= 0.6 is 0 Å². The molecule has 0 radical (unpaired) electrons. The minimum atomic E-state index is -0.514. The highest BCUT2D eigenvalue weighted by Gasteiger charge is 2.02. The highest BCUT2D eigenvalue weighted by Crippen LogP contribution is 2.07. The summed E-state index contributed by atoms with van der Waals surface area (Å²) in [5, 5.41) is 0. The Morgan fingerprint density at radius 2 is 2.36 bits per heavy atom. The van der Waals surface area contributed by atoms with Crippen LogP contribution in [0.2, 0.25) is 0 Å². The Morgan fingerprint density at radius 3 is 2.91 bits per heavy atom. The number of rotatable bonds is 2. The number of hydrogen-bond acceptors (Lipinski definition) is 2. The van der Waals surface area contributed by atoms with Crippen molar-refractivity contribution in [1.29, 1.82) is 0 Å². The van der Waals surface area contributed by atoms with Crippen molar-refractivity contribution in [2.75, 3.05) is 0 Å². The van der Waals surface area contributed by atoms with Gasteiger partial charge in [-0.1, -0.05) is 12.1 Å². The van der Waals surface area contributed by atoms with Gasteiger partial charge < -0.3 is 5.73 Å². The van der Waals surface area contributed by atoms with Gasteiger partial charge >= 0.3 is 0 Å². The molecule has 0 aliphatic carbocycles. The third kappa shape index (κ3) is 1.85. The summed E-state index contributed by atoms with van der Waals surface area (Å²) in [6.45, 7) is 3.48. The predicted octanol–water partition coefficient (Wildman–Crippen LogP) is 1.41. The Labute approximate surface area is 64.6 Å². The van der Waals surface area contributed by atoms with Crippen LogP contribution in [0.3, 0.4) is 0 Å². The summed E-state index contributed by atoms with van der Waals surface area (Å²) in [6, 6.07) is 4.13. The second-order valence-electron chi connectivity index (χ2n) is 2.15. The molecule has 2 N–H and O–H groups in total. The first-order valence-corrected chi connectivity index (χ1v) is 3.24. The maximum Gasteiger partial charge on any atom is 0.213 e. The van der Waals surface area contributed by atoms with Gasteiger partial charge in [0.05, 0.1) is 11.7 Å². The number of nitrogens with zero attached hydrogens (tertiary/aromatic N) is 1. The molecule has 1 atom stereocenters. The monoisotopic (exact) mass is 152 g/mol. The average molecular weight is 152 g/mol. The van der Waals surface area contributed by atoms with Crippen LogP contribution in [0.25, 0.3) is 0 Å². The summed E-state index contributed by atoms with van der Waals surface area (Å²) >= 11 is 0. The quantitative estimate of drug-likeness (QED) is 0.514. The van der Waals surface area contributed by atoms with Gasteiger partial charge in [-0.25, -0.2) is 4.98 Å². The first kappa shape index (κ1) is 7.88. The fourth-order valence-corrected chi connectivity index (χ4v) is 0.730. The Bertz CT molecular complexity index is 260. The third-order valence-corrected chi connectivity index (χ3v) is 1.33. The molecule has 1 aromatic rings. The van der Waals surface area contributed by atoms with E-state index in [1.807, 2.05) is 0 Å². The highest BCUT2D eigenvalue weighted by molar-refractivity contribution is 5.12. The number of hydrogen-bond donors (Lipinski definition) is 1. The topological polar surface area (TPSA) is 38.9 Å². The van der Waals surface area contributed by atoms with Gasteiger partial charge in [-0.15, -0.1) is 6.58 Å². The van der Waals surface area contributed by atoms with Gasteiger partial charge in [-0.05, 0) is 12.1 Å². The molecule has 1 unspecified atom stereocenters. The Morgan fingerprint density at radius 1 is 1.64 bits per heavy atom. The zero-order valence-corrected chi connectivity index (χ0v) is 6.00. The molecule has 1 aromatic heterocycles. The lowest BCUT2D eigenvalue weighted by atomic mass is 10.2. The SMILES string of the molecule is C=CC(N)c1cccc(F)n1. The van der Waals surface area contributed by atoms with Crippen LogP contribution in [0.1, 0.15) is 11.7 Å². The summed E-state index contributed by atoms with van der Waals surface area (Å²) in [4.78, 5) is 3.58. The van der Waals surface area contributed by atoms with E-state index in [9.17, 15) is 4.39 Å². The van der Waals surface area contributed by atoms with Crippen molar-refractivity contribution in [3.05, 3.63) is 42.5 Å². The summed E-state index contributed by atoms with van der Waals surface area (Å²) in [6.07, 6.45) is 1.52. The standard InChI is InChI=1S/C8H9FN2/c1-2-6(10)7-4-3-5-8(9)11-7/h2-6H,1,10H2. The predicted molar refractivity (Wildman–Crippen MR) is 41.3 cm³/mol. The highest BCUT2D eigenvalue weighted by atomic mass is 19.1. The molecular weight excluding hydrogens is 143 g/mol. The smallest absolute Gasteiger partial charge is 0.213 e. The van der Waals surface area contributed by atoms with Crippen molar-refractivity contribution in [3.63, 3.8) is 0 Å². The number of pyridine rings is 1. The van der Waals surface area contributed by atoms with E-state index in [1.165, 1.54) is 12.1 Å². The van der Waals surface area contributed by atoms with Gasteiger partial charge in [0.25, 0.3) is 0 Å². The fourth-order valence-electron chi connectivity index (χ4n) is 0.730. The van der Waals surface area contributed by atoms with E-state index in [0.29, 0.717) is 5.69 Å². The molecular formula is C8H9FN2. The average Bonchev–Trinajstić information content (AvgIpc) is 2.03. The van der Waals surface area contributed by atoms with Crippen LogP contribution < -0.4 is 5.73 Å². The van der Waals surface area contributed by atoms with Crippen molar-refractivity contribution in [3.8, 4) is 0 Å². The minimum absolute atomic E-state index is 0.384. The van der Waals surface area contributed by atoms with E-state index in [1.54, 1.807) is 12.1 Å². The maximum absolute atomic E-state index is 12.5. The number of nitrogens with two attached hydrogens (primary N) is 1. The van der Waals surface area contributed by atoms with Gasteiger partial charge in [0.2, 0.25) is 5.95 Å². The summed E-state index contributed by atoms with van der Waals surface area (Å²) < 4.78 is 12.5. The van der Waals surface area contributed by atoms with Gasteiger partial charge in [-0.3, -0.25) is 0 Å². The van der Waals surface area contributed by atoms with E-state index in [2.05, 4.69) is 11.6 Å². The first-order valence-electron chi connectivity index (χ1n) is 3.24. The second kappa shape index (κ2) is 3.25. The molecule has 0 aliphatic rings. The zero-order valence-electron chi connectivity index (χ0n) is 6.00. The van der Waals surface area contributed by atoms with Crippen molar-refractivity contribution >= 4 is 0 Å². The molecule has 1 rings (SSSR count). The normalized spacial score (nSPS) is 12.5. The second-order valence-corrected chi connectivity index (χ2v) is 2.15. The van der Waals surface area contributed by atoms with Crippen molar-refractivity contribution < 1.29 is 4.39 Å². The van der Waals surface area contributed by atoms with Crippen LogP contribution in [0.15, 0.2) is 30.9 Å². The Kier molecular flexibility index (Phi) is 2.33. The molecule has 11 heavy (non-hydrogen) atoms. The minimum Gasteiger partial charge on any atom is -0.319 e. The summed E-state index contributed by atoms with van der Waals surface area (Å²) in [5.74, 6) is -0.514. The molecule has 0 amide bonds. The Balaban J connectivity index is 2.95. The number of aromatic nitrogens is 1. The lowest BCUT2D eigenvalue weighted by molar-refractivity contribution is 0.573. The van der Waals surface area contributed by atoms with Crippen LogP contribution in [0, 0.1) is 5.95 Å². The van der Waals surface area contributed by atoms with E-state index < -0.39 is 5.95 Å². The lowest BCUT2D eigenvalue weighted by Gasteiger charge is -2.03. The summed E-state index contributed by atoms with van der Waals surface area (Å²) in [7, 11) is 0. The zero-order chi connectivity index (χ0) is 8.27. The number of halogens is 1. The van der Waals surface area contributed by atoms with E-state index in [0.717, 1.165) is 0 Å². The first-order chi connectivity index (χ1) is 5.24. The van der Waals surface area contributed by atoms with E-state index >= 15 is 0 Å². The van der Waals surface area contributed by atoms with Gasteiger partial charge in [-0.2, -0.15) is 4.39 Å². The van der Waals surface area contributed by atoms with Gasteiger partial charge in [0, 0.05) is 0 Å². The molecule has 58 valence electrons. The van der Waals surface area contributed by atoms with Crippen LogP contribution in [-0.2, 0) is 0 Å². The van der Waals surface area contributed by atoms with Crippen molar-refractivity contribution in [1.82, 2.24) is 4.98 Å². The van der Waals surface area contributed by atoms with E-state index in [4.69, 9.17) is 5.73 Å².